The Labute approximate surface area is 115 Å². The van der Waals surface area contributed by atoms with E-state index in [1.165, 1.54) is 0 Å². The maximum Gasteiger partial charge on any atom is 0.243 e. The van der Waals surface area contributed by atoms with Crippen LogP contribution < -0.4 is 5.32 Å². The average molecular weight is 282 g/mol. The van der Waals surface area contributed by atoms with Gasteiger partial charge in [0.1, 0.15) is 0 Å². The molecule has 19 heavy (non-hydrogen) atoms. The summed E-state index contributed by atoms with van der Waals surface area (Å²) in [6.07, 6.45) is 0.956. The lowest BCUT2D eigenvalue weighted by atomic mass is 10.2. The Bertz CT molecular complexity index is 511. The quantitative estimate of drug-likeness (QED) is 0.896. The number of sulfonamides is 1. The van der Waals surface area contributed by atoms with Gasteiger partial charge in [-0.15, -0.1) is 0 Å². The lowest BCUT2D eigenvalue weighted by molar-refractivity contribution is 0.464. The Balaban J connectivity index is 2.12. The van der Waals surface area contributed by atoms with E-state index in [1.54, 1.807) is 16.4 Å². The molecule has 1 heterocycles. The van der Waals surface area contributed by atoms with Gasteiger partial charge in [-0.05, 0) is 36.6 Å². The van der Waals surface area contributed by atoms with Gasteiger partial charge in [-0.2, -0.15) is 4.31 Å². The van der Waals surface area contributed by atoms with Gasteiger partial charge in [0.25, 0.3) is 0 Å². The second kappa shape index (κ2) is 6.03. The predicted molar refractivity (Wildman–Crippen MR) is 76.4 cm³/mol. The monoisotopic (exact) mass is 282 g/mol. The van der Waals surface area contributed by atoms with Crippen molar-refractivity contribution in [3.63, 3.8) is 0 Å². The third kappa shape index (κ3) is 3.35. The van der Waals surface area contributed by atoms with Crippen LogP contribution in [-0.4, -0.2) is 32.4 Å². The van der Waals surface area contributed by atoms with Gasteiger partial charge in [0.05, 0.1) is 4.90 Å². The Morgan fingerprint density at radius 1 is 1.32 bits per heavy atom. The molecule has 1 aliphatic rings. The Hall–Kier alpha value is -0.910. The highest BCUT2D eigenvalue weighted by Gasteiger charge is 2.30. The van der Waals surface area contributed by atoms with Crippen molar-refractivity contribution >= 4 is 10.0 Å². The summed E-state index contributed by atoms with van der Waals surface area (Å²) in [5.41, 5.74) is 1.11. The standard InChI is InChI=1S/C14H22N2O2S/c1-3-15-10-13-4-6-14(7-5-13)19(17,18)16-9-8-12(2)11-16/h4-7,12,15H,3,8-11H2,1-2H3. The minimum atomic E-state index is -3.30. The maximum atomic E-state index is 12.4. The van der Waals surface area contributed by atoms with E-state index in [-0.39, 0.29) is 0 Å². The molecule has 0 amide bonds. The Morgan fingerprint density at radius 3 is 2.53 bits per heavy atom. The molecule has 1 aromatic rings. The highest BCUT2D eigenvalue weighted by Crippen LogP contribution is 2.24. The smallest absolute Gasteiger partial charge is 0.243 e. The molecule has 0 radical (unpaired) electrons. The molecule has 1 fully saturated rings. The van der Waals surface area contributed by atoms with Crippen molar-refractivity contribution in [1.82, 2.24) is 9.62 Å². The second-order valence-corrected chi connectivity index (χ2v) is 7.12. The summed E-state index contributed by atoms with van der Waals surface area (Å²) >= 11 is 0. The van der Waals surface area contributed by atoms with Crippen LogP contribution in [-0.2, 0) is 16.6 Å². The van der Waals surface area contributed by atoms with Crippen LogP contribution >= 0.6 is 0 Å². The molecule has 0 aromatic heterocycles. The first-order valence-corrected chi connectivity index (χ1v) is 8.28. The van der Waals surface area contributed by atoms with Gasteiger partial charge in [-0.3, -0.25) is 0 Å². The van der Waals surface area contributed by atoms with Crippen LogP contribution in [0.3, 0.4) is 0 Å². The fourth-order valence-corrected chi connectivity index (χ4v) is 3.89. The molecule has 4 nitrogen and oxygen atoms in total. The molecule has 1 aromatic carbocycles. The number of rotatable bonds is 5. The van der Waals surface area contributed by atoms with Crippen LogP contribution in [0.2, 0.25) is 0 Å². The average Bonchev–Trinajstić information content (AvgIpc) is 2.84. The number of nitrogens with zero attached hydrogens (tertiary/aromatic N) is 1. The number of hydrogen-bond acceptors (Lipinski definition) is 3. The fourth-order valence-electron chi connectivity index (χ4n) is 2.31. The summed E-state index contributed by atoms with van der Waals surface area (Å²) in [5, 5.41) is 3.22. The molecular formula is C14H22N2O2S. The third-order valence-corrected chi connectivity index (χ3v) is 5.41. The predicted octanol–water partition coefficient (Wildman–Crippen LogP) is 1.83. The summed E-state index contributed by atoms with van der Waals surface area (Å²) in [6.45, 7) is 7.11. The Kier molecular flexibility index (Phi) is 4.60. The van der Waals surface area contributed by atoms with Gasteiger partial charge in [0.2, 0.25) is 10.0 Å². The van der Waals surface area contributed by atoms with Crippen molar-refractivity contribution in [2.24, 2.45) is 5.92 Å². The summed E-state index contributed by atoms with van der Waals surface area (Å²) in [6, 6.07) is 7.19. The van der Waals surface area contributed by atoms with E-state index in [1.807, 2.05) is 19.1 Å². The van der Waals surface area contributed by atoms with Gasteiger partial charge in [0, 0.05) is 19.6 Å². The minimum Gasteiger partial charge on any atom is -0.313 e. The van der Waals surface area contributed by atoms with Crippen LogP contribution in [0.4, 0.5) is 0 Å². The number of hydrogen-bond donors (Lipinski definition) is 1. The van der Waals surface area contributed by atoms with Crippen LogP contribution in [0, 0.1) is 5.92 Å². The van der Waals surface area contributed by atoms with Crippen LogP contribution in [0.5, 0.6) is 0 Å². The molecule has 1 saturated heterocycles. The summed E-state index contributed by atoms with van der Waals surface area (Å²) < 4.78 is 26.4. The van der Waals surface area contributed by atoms with E-state index in [9.17, 15) is 8.42 Å². The summed E-state index contributed by atoms with van der Waals surface area (Å²) in [4.78, 5) is 0.404. The number of nitrogens with one attached hydrogen (secondary N) is 1. The van der Waals surface area contributed by atoms with Crippen LogP contribution in [0.15, 0.2) is 29.2 Å². The van der Waals surface area contributed by atoms with Gasteiger partial charge < -0.3 is 5.32 Å². The van der Waals surface area contributed by atoms with Crippen LogP contribution in [0.25, 0.3) is 0 Å². The maximum absolute atomic E-state index is 12.4. The molecule has 2 rings (SSSR count). The first kappa shape index (κ1) is 14.5. The molecule has 1 atom stereocenters. The van der Waals surface area contributed by atoms with Gasteiger partial charge in [-0.1, -0.05) is 26.0 Å². The van der Waals surface area contributed by atoms with E-state index in [2.05, 4.69) is 12.2 Å². The topological polar surface area (TPSA) is 49.4 Å². The molecule has 5 heteroatoms. The molecule has 1 N–H and O–H groups in total. The molecule has 0 saturated carbocycles. The lowest BCUT2D eigenvalue weighted by Gasteiger charge is -2.16. The van der Waals surface area contributed by atoms with Crippen molar-refractivity contribution in [1.29, 1.82) is 0 Å². The molecule has 1 aliphatic heterocycles. The first-order chi connectivity index (χ1) is 9.04. The van der Waals surface area contributed by atoms with Gasteiger partial charge >= 0.3 is 0 Å². The zero-order valence-corrected chi connectivity index (χ0v) is 12.4. The van der Waals surface area contributed by atoms with E-state index >= 15 is 0 Å². The Morgan fingerprint density at radius 2 is 2.00 bits per heavy atom. The first-order valence-electron chi connectivity index (χ1n) is 6.84. The van der Waals surface area contributed by atoms with E-state index in [4.69, 9.17) is 0 Å². The highest BCUT2D eigenvalue weighted by molar-refractivity contribution is 7.89. The van der Waals surface area contributed by atoms with Crippen molar-refractivity contribution in [3.05, 3.63) is 29.8 Å². The second-order valence-electron chi connectivity index (χ2n) is 5.18. The van der Waals surface area contributed by atoms with E-state index in [0.717, 1.165) is 25.1 Å². The minimum absolute atomic E-state index is 0.404. The summed E-state index contributed by atoms with van der Waals surface area (Å²) in [7, 11) is -3.30. The lowest BCUT2D eigenvalue weighted by Crippen LogP contribution is -2.28. The van der Waals surface area contributed by atoms with E-state index in [0.29, 0.717) is 23.9 Å². The molecule has 0 bridgehead atoms. The van der Waals surface area contributed by atoms with Crippen molar-refractivity contribution in [2.45, 2.75) is 31.7 Å². The largest absolute Gasteiger partial charge is 0.313 e. The van der Waals surface area contributed by atoms with Crippen molar-refractivity contribution in [3.8, 4) is 0 Å². The highest BCUT2D eigenvalue weighted by atomic mass is 32.2. The normalized spacial score (nSPS) is 20.8. The number of benzene rings is 1. The molecular weight excluding hydrogens is 260 g/mol. The van der Waals surface area contributed by atoms with Crippen LogP contribution in [0.1, 0.15) is 25.8 Å². The third-order valence-electron chi connectivity index (χ3n) is 3.53. The molecule has 0 spiro atoms. The molecule has 0 aliphatic carbocycles. The zero-order chi connectivity index (χ0) is 13.9. The SMILES string of the molecule is CCNCc1ccc(S(=O)(=O)N2CCC(C)C2)cc1. The molecule has 106 valence electrons. The van der Waals surface area contributed by atoms with E-state index < -0.39 is 10.0 Å². The van der Waals surface area contributed by atoms with Crippen molar-refractivity contribution < 1.29 is 8.42 Å². The van der Waals surface area contributed by atoms with Crippen molar-refractivity contribution in [2.75, 3.05) is 19.6 Å². The summed E-state index contributed by atoms with van der Waals surface area (Å²) in [5.74, 6) is 0.461. The van der Waals surface area contributed by atoms with Gasteiger partial charge in [0.15, 0.2) is 0 Å². The zero-order valence-electron chi connectivity index (χ0n) is 11.6. The van der Waals surface area contributed by atoms with Gasteiger partial charge in [-0.25, -0.2) is 8.42 Å². The fraction of sp³-hybridized carbons (Fsp3) is 0.571. The molecule has 1 unspecified atom stereocenters.